The van der Waals surface area contributed by atoms with Gasteiger partial charge in [-0.1, -0.05) is 0 Å². The van der Waals surface area contributed by atoms with Crippen molar-refractivity contribution < 1.29 is 4.74 Å². The third-order valence-electron chi connectivity index (χ3n) is 1.29. The zero-order valence-corrected chi connectivity index (χ0v) is 6.48. The van der Waals surface area contributed by atoms with E-state index in [0.29, 0.717) is 11.5 Å². The molecule has 0 aromatic carbocycles. The first kappa shape index (κ1) is 7.59. The molecule has 0 aliphatic carbocycles. The lowest BCUT2D eigenvalue weighted by molar-refractivity contribution is 0.392. The van der Waals surface area contributed by atoms with Crippen molar-refractivity contribution >= 4 is 0 Å². The second kappa shape index (κ2) is 3.05. The highest BCUT2D eigenvalue weighted by Gasteiger charge is 1.92. The van der Waals surface area contributed by atoms with E-state index < -0.39 is 0 Å². The van der Waals surface area contributed by atoms with Crippen LogP contribution in [0.3, 0.4) is 0 Å². The highest BCUT2D eigenvalue weighted by atomic mass is 16.5. The monoisotopic (exact) mass is 154 g/mol. The first-order valence-electron chi connectivity index (χ1n) is 3.09. The number of nitrogens with two attached hydrogens (primary N) is 1. The van der Waals surface area contributed by atoms with Crippen molar-refractivity contribution in [3.05, 3.63) is 17.9 Å². The van der Waals surface area contributed by atoms with Crippen LogP contribution in [-0.4, -0.2) is 16.7 Å². The van der Waals surface area contributed by atoms with Gasteiger partial charge in [0.05, 0.1) is 7.11 Å². The summed E-state index contributed by atoms with van der Waals surface area (Å²) in [6.07, 6.45) is 1.78. The molecule has 0 fully saturated rings. The number of nitrogens with zero attached hydrogens (tertiary/aromatic N) is 3. The maximum atomic E-state index is 5.06. The van der Waals surface area contributed by atoms with Crippen LogP contribution in [0.25, 0.3) is 0 Å². The van der Waals surface area contributed by atoms with Crippen LogP contribution < -0.4 is 16.2 Å². The second-order valence-corrected chi connectivity index (χ2v) is 2.01. The number of aryl methyl sites for hydroxylation is 1. The maximum Gasteiger partial charge on any atom is 0.249 e. The summed E-state index contributed by atoms with van der Waals surface area (Å²) < 4.78 is 6.57. The summed E-state index contributed by atoms with van der Waals surface area (Å²) in [6, 6.07) is 1.73. The molecule has 0 aliphatic rings. The topological polar surface area (TPSA) is 65.4 Å². The minimum Gasteiger partial charge on any atom is -0.481 e. The Labute approximate surface area is 64.1 Å². The van der Waals surface area contributed by atoms with Crippen LogP contribution >= 0.6 is 0 Å². The Morgan fingerprint density at radius 2 is 2.45 bits per heavy atom. The molecule has 1 aromatic rings. The molecule has 2 N–H and O–H groups in total. The summed E-state index contributed by atoms with van der Waals surface area (Å²) in [7, 11) is 3.35. The average Bonchev–Trinajstić information content (AvgIpc) is 2.05. The number of ether oxygens (including phenoxy) is 1. The molecular formula is C6H10N4O. The third-order valence-corrected chi connectivity index (χ3v) is 1.29. The Morgan fingerprint density at radius 1 is 1.73 bits per heavy atom. The molecule has 0 saturated carbocycles. The van der Waals surface area contributed by atoms with E-state index in [1.54, 1.807) is 31.0 Å². The van der Waals surface area contributed by atoms with Crippen molar-refractivity contribution in [2.24, 2.45) is 18.0 Å². The van der Waals surface area contributed by atoms with Crippen LogP contribution in [0.4, 0.5) is 0 Å². The summed E-state index contributed by atoms with van der Waals surface area (Å²) in [5, 5.41) is 3.45. The lowest BCUT2D eigenvalue weighted by atomic mass is 10.6. The smallest absolute Gasteiger partial charge is 0.249 e. The lowest BCUT2D eigenvalue weighted by Gasteiger charge is -2.00. The SMILES string of the molecule is COc1ccn(C)/c(=N\N)n1. The van der Waals surface area contributed by atoms with Gasteiger partial charge in [0.15, 0.2) is 0 Å². The quantitative estimate of drug-likeness (QED) is 0.425. The molecule has 5 nitrogen and oxygen atoms in total. The van der Waals surface area contributed by atoms with E-state index in [1.807, 2.05) is 0 Å². The van der Waals surface area contributed by atoms with Crippen LogP contribution in [0.5, 0.6) is 5.88 Å². The molecule has 0 bridgehead atoms. The maximum absolute atomic E-state index is 5.06. The summed E-state index contributed by atoms with van der Waals surface area (Å²) in [4.78, 5) is 3.96. The number of rotatable bonds is 1. The van der Waals surface area contributed by atoms with Gasteiger partial charge < -0.3 is 15.1 Å². The van der Waals surface area contributed by atoms with Crippen molar-refractivity contribution in [3.63, 3.8) is 0 Å². The molecule has 0 saturated heterocycles. The number of hydrogen-bond donors (Lipinski definition) is 1. The highest BCUT2D eigenvalue weighted by Crippen LogP contribution is 1.97. The summed E-state index contributed by atoms with van der Waals surface area (Å²) in [5.74, 6) is 5.57. The van der Waals surface area contributed by atoms with Crippen molar-refractivity contribution in [2.45, 2.75) is 0 Å². The van der Waals surface area contributed by atoms with Gasteiger partial charge in [-0.3, -0.25) is 0 Å². The number of aromatic nitrogens is 2. The van der Waals surface area contributed by atoms with Gasteiger partial charge in [-0.25, -0.2) is 0 Å². The molecular weight excluding hydrogens is 144 g/mol. The fourth-order valence-corrected chi connectivity index (χ4v) is 0.691. The minimum atomic E-state index is 0.435. The fraction of sp³-hybridized carbons (Fsp3) is 0.333. The first-order chi connectivity index (χ1) is 5.27. The largest absolute Gasteiger partial charge is 0.481 e. The fourth-order valence-electron chi connectivity index (χ4n) is 0.691. The Kier molecular flexibility index (Phi) is 2.10. The van der Waals surface area contributed by atoms with Crippen molar-refractivity contribution in [1.82, 2.24) is 9.55 Å². The third kappa shape index (κ3) is 1.49. The number of methoxy groups -OCH3 is 1. The first-order valence-corrected chi connectivity index (χ1v) is 3.09. The zero-order chi connectivity index (χ0) is 8.27. The van der Waals surface area contributed by atoms with E-state index in [0.717, 1.165) is 0 Å². The van der Waals surface area contributed by atoms with E-state index in [9.17, 15) is 0 Å². The van der Waals surface area contributed by atoms with Crippen LogP contribution in [-0.2, 0) is 7.05 Å². The molecule has 1 rings (SSSR count). The standard InChI is InChI=1S/C6H10N4O/c1-10-4-3-5(11-2)8-6(10)9-7/h3-4H,7H2,1-2H3/b9-6-. The second-order valence-electron chi connectivity index (χ2n) is 2.01. The molecule has 11 heavy (non-hydrogen) atoms. The van der Waals surface area contributed by atoms with Gasteiger partial charge in [0.2, 0.25) is 11.5 Å². The summed E-state index contributed by atoms with van der Waals surface area (Å²) >= 11 is 0. The van der Waals surface area contributed by atoms with Crippen molar-refractivity contribution in [2.75, 3.05) is 7.11 Å². The normalized spacial score (nSPS) is 11.6. The highest BCUT2D eigenvalue weighted by molar-refractivity contribution is 5.04. The molecule has 1 aromatic heterocycles. The van der Waals surface area contributed by atoms with Crippen molar-refractivity contribution in [1.29, 1.82) is 0 Å². The number of hydrogen-bond acceptors (Lipinski definition) is 4. The molecule has 1 heterocycles. The predicted molar refractivity (Wildman–Crippen MR) is 39.5 cm³/mol. The average molecular weight is 154 g/mol. The van der Waals surface area contributed by atoms with E-state index in [4.69, 9.17) is 10.6 Å². The molecule has 0 spiro atoms. The zero-order valence-electron chi connectivity index (χ0n) is 6.48. The Hall–Kier alpha value is -1.52. The molecule has 0 amide bonds. The van der Waals surface area contributed by atoms with E-state index in [1.165, 1.54) is 0 Å². The van der Waals surface area contributed by atoms with E-state index >= 15 is 0 Å². The van der Waals surface area contributed by atoms with E-state index in [-0.39, 0.29) is 0 Å². The molecule has 5 heteroatoms. The minimum absolute atomic E-state index is 0.435. The van der Waals surface area contributed by atoms with Gasteiger partial charge in [-0.2, -0.15) is 4.98 Å². The molecule has 0 atom stereocenters. The van der Waals surface area contributed by atoms with Gasteiger partial charge in [0.1, 0.15) is 0 Å². The molecule has 0 aliphatic heterocycles. The molecule has 0 unspecified atom stereocenters. The van der Waals surface area contributed by atoms with Crippen LogP contribution in [0.2, 0.25) is 0 Å². The van der Waals surface area contributed by atoms with Crippen molar-refractivity contribution in [3.8, 4) is 5.88 Å². The van der Waals surface area contributed by atoms with Gasteiger partial charge >= 0.3 is 0 Å². The van der Waals surface area contributed by atoms with Crippen LogP contribution in [0, 0.1) is 0 Å². The Bertz CT molecular complexity index is 304. The van der Waals surface area contributed by atoms with Gasteiger partial charge in [-0.15, -0.1) is 5.10 Å². The summed E-state index contributed by atoms with van der Waals surface area (Å²) in [6.45, 7) is 0. The van der Waals surface area contributed by atoms with Crippen LogP contribution in [0.1, 0.15) is 0 Å². The predicted octanol–water partition coefficient (Wildman–Crippen LogP) is -0.797. The Morgan fingerprint density at radius 3 is 3.00 bits per heavy atom. The van der Waals surface area contributed by atoms with Crippen LogP contribution in [0.15, 0.2) is 17.4 Å². The Balaban J connectivity index is 3.24. The van der Waals surface area contributed by atoms with E-state index in [2.05, 4.69) is 10.1 Å². The van der Waals surface area contributed by atoms with Gasteiger partial charge in [-0.05, 0) is 0 Å². The lowest BCUT2D eigenvalue weighted by Crippen LogP contribution is -2.23. The molecule has 60 valence electrons. The summed E-state index contributed by atoms with van der Waals surface area (Å²) in [5.41, 5.74) is 0.435. The molecule has 0 radical (unpaired) electrons. The van der Waals surface area contributed by atoms with Gasteiger partial charge in [0.25, 0.3) is 0 Å². The van der Waals surface area contributed by atoms with Gasteiger partial charge in [0, 0.05) is 19.3 Å².